The monoisotopic (exact) mass is 467 g/mol. The molecule has 0 unspecified atom stereocenters. The first-order valence-electron chi connectivity index (χ1n) is 12.2. The number of fused-ring (bicyclic) bond motifs is 1. The molecule has 34 heavy (non-hydrogen) atoms. The van der Waals surface area contributed by atoms with Gasteiger partial charge in [0.05, 0.1) is 18.1 Å². The molecular formula is C26H34FN5O2. The van der Waals surface area contributed by atoms with E-state index in [0.717, 1.165) is 36.3 Å². The third kappa shape index (κ3) is 5.06. The maximum absolute atomic E-state index is 14.2. The standard InChI is InChI=1S/C26H34FN5O2/c1-18-9-6-7-13-30(18)14-8-12-28-24(33)17-32-26(34)25-20(3)31(19(2)22(25)15-29-32)16-21-10-4-5-11-23(21)27/h4-5,10-11,15,18H,6-9,12-14,16-17H2,1-3H3,(H,28,33)/t18-/m0/s1. The van der Waals surface area contributed by atoms with E-state index < -0.39 is 0 Å². The maximum Gasteiger partial charge on any atom is 0.276 e. The van der Waals surface area contributed by atoms with Gasteiger partial charge in [0.15, 0.2) is 0 Å². The van der Waals surface area contributed by atoms with Gasteiger partial charge in [-0.05, 0) is 52.6 Å². The first-order chi connectivity index (χ1) is 16.4. The summed E-state index contributed by atoms with van der Waals surface area (Å²) in [4.78, 5) is 28.1. The van der Waals surface area contributed by atoms with Crippen molar-refractivity contribution in [3.63, 3.8) is 0 Å². The lowest BCUT2D eigenvalue weighted by Gasteiger charge is -2.33. The van der Waals surface area contributed by atoms with Gasteiger partial charge >= 0.3 is 0 Å². The third-order valence-electron chi connectivity index (χ3n) is 7.07. The van der Waals surface area contributed by atoms with E-state index in [1.807, 2.05) is 18.4 Å². The molecule has 3 heterocycles. The van der Waals surface area contributed by atoms with Crippen LogP contribution in [0.4, 0.5) is 4.39 Å². The van der Waals surface area contributed by atoms with Crippen molar-refractivity contribution < 1.29 is 9.18 Å². The molecule has 8 heteroatoms. The minimum Gasteiger partial charge on any atom is -0.354 e. The number of rotatable bonds is 8. The molecule has 0 saturated carbocycles. The van der Waals surface area contributed by atoms with Crippen LogP contribution in [0, 0.1) is 19.7 Å². The van der Waals surface area contributed by atoms with Gasteiger partial charge in [0.1, 0.15) is 12.4 Å². The number of benzene rings is 1. The lowest BCUT2D eigenvalue weighted by atomic mass is 10.0. The fraction of sp³-hybridized carbons (Fsp3) is 0.500. The zero-order valence-electron chi connectivity index (χ0n) is 20.3. The van der Waals surface area contributed by atoms with Crippen LogP contribution in [0.15, 0.2) is 35.3 Å². The number of nitrogens with one attached hydrogen (secondary N) is 1. The molecule has 2 aromatic heterocycles. The number of hydrogen-bond donors (Lipinski definition) is 1. The molecular weight excluding hydrogens is 433 g/mol. The SMILES string of the molecule is Cc1c2cnn(CC(=O)NCCCN3CCCC[C@@H]3C)c(=O)c2c(C)n1Cc1ccccc1F. The number of aryl methyl sites for hydroxylation is 2. The van der Waals surface area contributed by atoms with Crippen LogP contribution >= 0.6 is 0 Å². The van der Waals surface area contributed by atoms with Gasteiger partial charge < -0.3 is 14.8 Å². The van der Waals surface area contributed by atoms with E-state index in [1.165, 1.54) is 30.0 Å². The van der Waals surface area contributed by atoms with E-state index in [4.69, 9.17) is 0 Å². The molecule has 4 rings (SSSR count). The van der Waals surface area contributed by atoms with E-state index in [-0.39, 0.29) is 23.8 Å². The van der Waals surface area contributed by atoms with Gasteiger partial charge in [-0.2, -0.15) is 5.10 Å². The second kappa shape index (κ2) is 10.5. The number of aromatic nitrogens is 3. The van der Waals surface area contributed by atoms with Crippen LogP contribution < -0.4 is 10.9 Å². The van der Waals surface area contributed by atoms with Gasteiger partial charge in [-0.1, -0.05) is 24.6 Å². The Balaban J connectivity index is 1.42. The Hall–Kier alpha value is -3.00. The Bertz CT molecular complexity index is 1230. The lowest BCUT2D eigenvalue weighted by Crippen LogP contribution is -2.40. The number of piperidine rings is 1. The van der Waals surface area contributed by atoms with E-state index in [1.54, 1.807) is 24.4 Å². The first kappa shape index (κ1) is 24.1. The molecule has 1 aromatic carbocycles. The van der Waals surface area contributed by atoms with Gasteiger partial charge in [0.25, 0.3) is 5.56 Å². The highest BCUT2D eigenvalue weighted by atomic mass is 19.1. The number of likely N-dealkylation sites (tertiary alicyclic amines) is 1. The molecule has 7 nitrogen and oxygen atoms in total. The summed E-state index contributed by atoms with van der Waals surface area (Å²) in [7, 11) is 0. The van der Waals surface area contributed by atoms with Crippen molar-refractivity contribution in [2.45, 2.75) is 65.6 Å². The quantitative estimate of drug-likeness (QED) is 0.516. The van der Waals surface area contributed by atoms with Gasteiger partial charge in [-0.25, -0.2) is 9.07 Å². The molecule has 1 aliphatic heterocycles. The molecule has 0 radical (unpaired) electrons. The highest BCUT2D eigenvalue weighted by molar-refractivity contribution is 5.87. The van der Waals surface area contributed by atoms with E-state index in [0.29, 0.717) is 30.1 Å². The van der Waals surface area contributed by atoms with E-state index in [9.17, 15) is 14.0 Å². The van der Waals surface area contributed by atoms with Crippen molar-refractivity contribution in [2.24, 2.45) is 0 Å². The van der Waals surface area contributed by atoms with Crippen LogP contribution in [0.1, 0.15) is 49.6 Å². The lowest BCUT2D eigenvalue weighted by molar-refractivity contribution is -0.121. The average Bonchev–Trinajstić information content (AvgIpc) is 3.06. The summed E-state index contributed by atoms with van der Waals surface area (Å²) >= 11 is 0. The van der Waals surface area contributed by atoms with Crippen molar-refractivity contribution in [1.29, 1.82) is 0 Å². The molecule has 0 bridgehead atoms. The van der Waals surface area contributed by atoms with Crippen molar-refractivity contribution in [1.82, 2.24) is 24.6 Å². The number of nitrogens with zero attached hydrogens (tertiary/aromatic N) is 4. The molecule has 1 N–H and O–H groups in total. The molecule has 1 saturated heterocycles. The maximum atomic E-state index is 14.2. The molecule has 1 amide bonds. The minimum atomic E-state index is -0.303. The topological polar surface area (TPSA) is 72.2 Å². The number of hydrogen-bond acceptors (Lipinski definition) is 4. The fourth-order valence-electron chi connectivity index (χ4n) is 4.98. The van der Waals surface area contributed by atoms with Crippen molar-refractivity contribution in [3.8, 4) is 0 Å². The minimum absolute atomic E-state index is 0.119. The molecule has 3 aromatic rings. The largest absolute Gasteiger partial charge is 0.354 e. The highest BCUT2D eigenvalue weighted by Gasteiger charge is 2.19. The van der Waals surface area contributed by atoms with Crippen LogP contribution in [0.5, 0.6) is 0 Å². The van der Waals surface area contributed by atoms with Crippen molar-refractivity contribution in [2.75, 3.05) is 19.6 Å². The Morgan fingerprint density at radius 2 is 2.00 bits per heavy atom. The van der Waals surface area contributed by atoms with Crippen molar-refractivity contribution >= 4 is 16.7 Å². The summed E-state index contributed by atoms with van der Waals surface area (Å²) in [5, 5.41) is 8.42. The Labute approximate surface area is 199 Å². The van der Waals surface area contributed by atoms with Gasteiger partial charge in [0.2, 0.25) is 5.91 Å². The summed E-state index contributed by atoms with van der Waals surface area (Å²) in [6.45, 7) is 8.90. The average molecular weight is 468 g/mol. The molecule has 1 atom stereocenters. The normalized spacial score (nSPS) is 16.8. The van der Waals surface area contributed by atoms with Crippen molar-refractivity contribution in [3.05, 3.63) is 63.6 Å². The van der Waals surface area contributed by atoms with Gasteiger partial charge in [-0.15, -0.1) is 0 Å². The summed E-state index contributed by atoms with van der Waals surface area (Å²) in [6, 6.07) is 7.24. The van der Waals surface area contributed by atoms with Gasteiger partial charge in [0, 0.05) is 41.5 Å². The summed E-state index contributed by atoms with van der Waals surface area (Å²) in [6.07, 6.45) is 6.29. The first-order valence-corrected chi connectivity index (χ1v) is 12.2. The molecule has 182 valence electrons. The fourth-order valence-corrected chi connectivity index (χ4v) is 4.98. The predicted molar refractivity (Wildman–Crippen MR) is 131 cm³/mol. The number of amides is 1. The van der Waals surface area contributed by atoms with Crippen LogP contribution in [-0.2, 0) is 17.9 Å². The smallest absolute Gasteiger partial charge is 0.276 e. The highest BCUT2D eigenvalue weighted by Crippen LogP contribution is 2.23. The molecule has 0 aliphatic carbocycles. The zero-order chi connectivity index (χ0) is 24.2. The van der Waals surface area contributed by atoms with Crippen LogP contribution in [0.3, 0.4) is 0 Å². The van der Waals surface area contributed by atoms with E-state index in [2.05, 4.69) is 22.2 Å². The zero-order valence-corrected chi connectivity index (χ0v) is 20.3. The van der Waals surface area contributed by atoms with Crippen LogP contribution in [-0.4, -0.2) is 50.8 Å². The number of halogens is 1. The summed E-state index contributed by atoms with van der Waals surface area (Å²) < 4.78 is 17.3. The predicted octanol–water partition coefficient (Wildman–Crippen LogP) is 3.38. The molecule has 0 spiro atoms. The molecule has 1 fully saturated rings. The second-order valence-electron chi connectivity index (χ2n) is 9.33. The number of carbonyl (C=O) groups excluding carboxylic acids is 1. The Kier molecular flexibility index (Phi) is 7.46. The van der Waals surface area contributed by atoms with Crippen LogP contribution in [0.2, 0.25) is 0 Å². The van der Waals surface area contributed by atoms with E-state index >= 15 is 0 Å². The van der Waals surface area contributed by atoms with Gasteiger partial charge in [-0.3, -0.25) is 9.59 Å². The molecule has 1 aliphatic rings. The summed E-state index contributed by atoms with van der Waals surface area (Å²) in [5.74, 6) is -0.498. The van der Waals surface area contributed by atoms with Crippen LogP contribution in [0.25, 0.3) is 10.8 Å². The Morgan fingerprint density at radius 1 is 1.21 bits per heavy atom. The third-order valence-corrected chi connectivity index (χ3v) is 7.07. The number of carbonyl (C=O) groups is 1. The summed E-state index contributed by atoms with van der Waals surface area (Å²) in [5.41, 5.74) is 1.85. The second-order valence-corrected chi connectivity index (χ2v) is 9.33. The Morgan fingerprint density at radius 3 is 2.76 bits per heavy atom.